The third-order valence-electron chi connectivity index (χ3n) is 2.50. The molecule has 1 aliphatic rings. The van der Waals surface area contributed by atoms with Gasteiger partial charge in [-0.3, -0.25) is 0 Å². The Morgan fingerprint density at radius 3 is 2.38 bits per heavy atom. The molecule has 5 heteroatoms. The summed E-state index contributed by atoms with van der Waals surface area (Å²) in [4.78, 5) is 11.4. The molecule has 16 heavy (non-hydrogen) atoms. The molecule has 1 aliphatic carbocycles. The quantitative estimate of drug-likeness (QED) is 0.623. The van der Waals surface area contributed by atoms with Crippen LogP contribution in [-0.4, -0.2) is 40.2 Å². The van der Waals surface area contributed by atoms with Crippen molar-refractivity contribution in [2.45, 2.75) is 63.9 Å². The first-order valence-electron chi connectivity index (χ1n) is 5.63. The summed E-state index contributed by atoms with van der Waals surface area (Å²) >= 11 is 0. The molecular formula is C11H21NO4. The Bertz CT molecular complexity index is 249. The molecule has 5 nitrogen and oxygen atoms in total. The number of alkyl carbamates (subject to hydrolysis) is 1. The first-order chi connectivity index (χ1) is 7.28. The molecule has 1 amide bonds. The maximum Gasteiger partial charge on any atom is 0.407 e. The summed E-state index contributed by atoms with van der Waals surface area (Å²) in [6, 6.07) is -0.117. The highest BCUT2D eigenvalue weighted by Crippen LogP contribution is 2.19. The van der Waals surface area contributed by atoms with E-state index in [2.05, 4.69) is 5.32 Å². The summed E-state index contributed by atoms with van der Waals surface area (Å²) in [7, 11) is 0. The van der Waals surface area contributed by atoms with Gasteiger partial charge in [0.05, 0.1) is 12.2 Å². The number of hydrogen-bond acceptors (Lipinski definition) is 4. The topological polar surface area (TPSA) is 78.8 Å². The molecule has 0 unspecified atom stereocenters. The predicted molar refractivity (Wildman–Crippen MR) is 59.0 cm³/mol. The Kier molecular flexibility index (Phi) is 4.15. The van der Waals surface area contributed by atoms with Gasteiger partial charge in [0.2, 0.25) is 0 Å². The van der Waals surface area contributed by atoms with Crippen molar-refractivity contribution in [2.24, 2.45) is 0 Å². The first kappa shape index (κ1) is 13.3. The molecule has 94 valence electrons. The highest BCUT2D eigenvalue weighted by Gasteiger charge is 2.29. The van der Waals surface area contributed by atoms with E-state index in [0.29, 0.717) is 19.3 Å². The Balaban J connectivity index is 2.35. The predicted octanol–water partition coefficient (Wildman–Crippen LogP) is 0.785. The van der Waals surface area contributed by atoms with Gasteiger partial charge in [-0.25, -0.2) is 4.79 Å². The van der Waals surface area contributed by atoms with E-state index >= 15 is 0 Å². The van der Waals surface area contributed by atoms with Crippen molar-refractivity contribution in [3.63, 3.8) is 0 Å². The number of amides is 1. The summed E-state index contributed by atoms with van der Waals surface area (Å²) in [5, 5.41) is 21.5. The average molecular weight is 231 g/mol. The lowest BCUT2D eigenvalue weighted by Gasteiger charge is -2.31. The molecule has 0 aromatic rings. The van der Waals surface area contributed by atoms with Crippen molar-refractivity contribution in [2.75, 3.05) is 0 Å². The number of carbonyl (C=O) groups is 1. The van der Waals surface area contributed by atoms with Gasteiger partial charge < -0.3 is 20.3 Å². The molecule has 3 N–H and O–H groups in total. The Morgan fingerprint density at radius 2 is 1.88 bits per heavy atom. The van der Waals surface area contributed by atoms with Gasteiger partial charge in [-0.2, -0.15) is 0 Å². The number of carbonyl (C=O) groups excluding carboxylic acids is 1. The van der Waals surface area contributed by atoms with E-state index in [1.165, 1.54) is 0 Å². The molecule has 0 heterocycles. The zero-order valence-electron chi connectivity index (χ0n) is 10.1. The maximum atomic E-state index is 11.4. The molecule has 1 rings (SSSR count). The van der Waals surface area contributed by atoms with Crippen molar-refractivity contribution in [1.29, 1.82) is 0 Å². The van der Waals surface area contributed by atoms with E-state index in [9.17, 15) is 15.0 Å². The summed E-state index contributed by atoms with van der Waals surface area (Å²) in [6.45, 7) is 5.39. The SMILES string of the molecule is CC(C)(C)OC(=O)N[C@@H]1CC[C@@H](O)[C@@H](O)C1. The van der Waals surface area contributed by atoms with Gasteiger partial charge >= 0.3 is 6.09 Å². The van der Waals surface area contributed by atoms with Crippen molar-refractivity contribution in [3.05, 3.63) is 0 Å². The van der Waals surface area contributed by atoms with Crippen molar-refractivity contribution >= 4 is 6.09 Å². The standard InChI is InChI=1S/C11H21NO4/c1-11(2,3)16-10(15)12-7-4-5-8(13)9(14)6-7/h7-9,13-14H,4-6H2,1-3H3,(H,12,15)/t7-,8-,9+/m1/s1. The van der Waals surface area contributed by atoms with Crippen LogP contribution in [0.25, 0.3) is 0 Å². The van der Waals surface area contributed by atoms with E-state index in [1.54, 1.807) is 20.8 Å². The zero-order chi connectivity index (χ0) is 12.3. The number of ether oxygens (including phenoxy) is 1. The van der Waals surface area contributed by atoms with Crippen molar-refractivity contribution in [3.8, 4) is 0 Å². The molecule has 1 saturated carbocycles. The summed E-state index contributed by atoms with van der Waals surface area (Å²) in [6.07, 6.45) is -0.356. The molecule has 1 fully saturated rings. The Labute approximate surface area is 95.8 Å². The molecule has 0 saturated heterocycles. The van der Waals surface area contributed by atoms with E-state index in [4.69, 9.17) is 4.74 Å². The second-order valence-corrected chi connectivity index (χ2v) is 5.29. The number of nitrogens with one attached hydrogen (secondary N) is 1. The lowest BCUT2D eigenvalue weighted by Crippen LogP contribution is -2.46. The van der Waals surface area contributed by atoms with Crippen LogP contribution >= 0.6 is 0 Å². The molecule has 0 aromatic carbocycles. The van der Waals surface area contributed by atoms with Crippen LogP contribution in [0.2, 0.25) is 0 Å². The first-order valence-corrected chi connectivity index (χ1v) is 5.63. The fourth-order valence-corrected chi connectivity index (χ4v) is 1.74. The molecular weight excluding hydrogens is 210 g/mol. The van der Waals surface area contributed by atoms with Crippen LogP contribution in [0, 0.1) is 0 Å². The minimum Gasteiger partial charge on any atom is -0.444 e. The summed E-state index contributed by atoms with van der Waals surface area (Å²) in [5.74, 6) is 0. The van der Waals surface area contributed by atoms with Gasteiger partial charge in [0, 0.05) is 6.04 Å². The molecule has 0 radical (unpaired) electrons. The number of aliphatic hydroxyl groups is 2. The highest BCUT2D eigenvalue weighted by atomic mass is 16.6. The van der Waals surface area contributed by atoms with Gasteiger partial charge in [-0.15, -0.1) is 0 Å². The molecule has 0 aliphatic heterocycles. The summed E-state index contributed by atoms with van der Waals surface area (Å²) in [5.41, 5.74) is -0.517. The smallest absolute Gasteiger partial charge is 0.407 e. The second-order valence-electron chi connectivity index (χ2n) is 5.29. The van der Waals surface area contributed by atoms with E-state index in [-0.39, 0.29) is 6.04 Å². The van der Waals surface area contributed by atoms with Gasteiger partial charge in [0.25, 0.3) is 0 Å². The van der Waals surface area contributed by atoms with Crippen LogP contribution in [0.3, 0.4) is 0 Å². The van der Waals surface area contributed by atoms with Crippen LogP contribution in [0.1, 0.15) is 40.0 Å². The Morgan fingerprint density at radius 1 is 1.25 bits per heavy atom. The minimum absolute atomic E-state index is 0.117. The minimum atomic E-state index is -0.756. The third kappa shape index (κ3) is 4.37. The van der Waals surface area contributed by atoms with E-state index in [0.717, 1.165) is 0 Å². The zero-order valence-corrected chi connectivity index (χ0v) is 10.1. The summed E-state index contributed by atoms with van der Waals surface area (Å²) < 4.78 is 5.11. The van der Waals surface area contributed by atoms with Gasteiger partial charge in [-0.1, -0.05) is 0 Å². The number of hydrogen-bond donors (Lipinski definition) is 3. The fraction of sp³-hybridized carbons (Fsp3) is 0.909. The van der Waals surface area contributed by atoms with Crippen molar-refractivity contribution < 1.29 is 19.7 Å². The number of rotatable bonds is 1. The van der Waals surface area contributed by atoms with Gasteiger partial charge in [-0.05, 0) is 40.0 Å². The largest absolute Gasteiger partial charge is 0.444 e. The van der Waals surface area contributed by atoms with Crippen LogP contribution in [0.15, 0.2) is 0 Å². The lowest BCUT2D eigenvalue weighted by atomic mass is 9.91. The number of aliphatic hydroxyl groups excluding tert-OH is 2. The highest BCUT2D eigenvalue weighted by molar-refractivity contribution is 5.68. The van der Waals surface area contributed by atoms with Crippen LogP contribution in [0.4, 0.5) is 4.79 Å². The third-order valence-corrected chi connectivity index (χ3v) is 2.50. The lowest BCUT2D eigenvalue weighted by molar-refractivity contribution is -0.0200. The normalized spacial score (nSPS) is 30.9. The molecule has 0 spiro atoms. The van der Waals surface area contributed by atoms with E-state index in [1.807, 2.05) is 0 Å². The van der Waals surface area contributed by atoms with Crippen molar-refractivity contribution in [1.82, 2.24) is 5.32 Å². The monoisotopic (exact) mass is 231 g/mol. The fourth-order valence-electron chi connectivity index (χ4n) is 1.74. The average Bonchev–Trinajstić information content (AvgIpc) is 2.08. The van der Waals surface area contributed by atoms with Gasteiger partial charge in [0.15, 0.2) is 0 Å². The Hall–Kier alpha value is -0.810. The second kappa shape index (κ2) is 5.01. The molecule has 0 bridgehead atoms. The van der Waals surface area contributed by atoms with Crippen LogP contribution in [0.5, 0.6) is 0 Å². The van der Waals surface area contributed by atoms with Crippen LogP contribution in [-0.2, 0) is 4.74 Å². The van der Waals surface area contributed by atoms with E-state index < -0.39 is 23.9 Å². The van der Waals surface area contributed by atoms with Gasteiger partial charge in [0.1, 0.15) is 5.60 Å². The molecule has 0 aromatic heterocycles. The van der Waals surface area contributed by atoms with Crippen LogP contribution < -0.4 is 5.32 Å². The molecule has 3 atom stereocenters. The maximum absolute atomic E-state index is 11.4.